The summed E-state index contributed by atoms with van der Waals surface area (Å²) >= 11 is 0. The van der Waals surface area contributed by atoms with Gasteiger partial charge < -0.3 is 15.5 Å². The number of nitrogens with one attached hydrogen (secondary N) is 2. The largest absolute Gasteiger partial charge is 0.357 e. The first-order valence-electron chi connectivity index (χ1n) is 9.78. The smallest absolute Gasteiger partial charge is 0.244 e. The second kappa shape index (κ2) is 10.5. The van der Waals surface area contributed by atoms with Crippen LogP contribution < -0.4 is 10.6 Å². The zero-order chi connectivity index (χ0) is 17.2. The molecule has 2 saturated heterocycles. The van der Waals surface area contributed by atoms with Crippen molar-refractivity contribution in [2.24, 2.45) is 4.99 Å². The second-order valence-electron chi connectivity index (χ2n) is 6.80. The molecule has 2 fully saturated rings. The van der Waals surface area contributed by atoms with Gasteiger partial charge in [-0.25, -0.2) is 4.99 Å². The second-order valence-corrected chi connectivity index (χ2v) is 6.80. The molecule has 2 rings (SSSR count). The van der Waals surface area contributed by atoms with Crippen molar-refractivity contribution in [2.75, 3.05) is 45.8 Å². The van der Waals surface area contributed by atoms with Gasteiger partial charge in [0.15, 0.2) is 5.96 Å². The number of likely N-dealkylation sites (tertiary alicyclic amines) is 2. The van der Waals surface area contributed by atoms with Crippen molar-refractivity contribution in [2.45, 2.75) is 58.4 Å². The van der Waals surface area contributed by atoms with Gasteiger partial charge in [0.25, 0.3) is 0 Å². The van der Waals surface area contributed by atoms with E-state index in [4.69, 9.17) is 0 Å². The molecular weight excluding hydrogens is 302 g/mol. The number of carbonyl (C=O) groups excluding carboxylic acids is 1. The van der Waals surface area contributed by atoms with Crippen LogP contribution >= 0.6 is 0 Å². The number of aliphatic imine (C=N–C) groups is 1. The highest BCUT2D eigenvalue weighted by atomic mass is 16.2. The third kappa shape index (κ3) is 5.96. The first-order valence-corrected chi connectivity index (χ1v) is 9.78. The Morgan fingerprint density at radius 2 is 1.83 bits per heavy atom. The third-order valence-electron chi connectivity index (χ3n) is 5.09. The Hall–Kier alpha value is -1.30. The average molecular weight is 338 g/mol. The maximum atomic E-state index is 12.1. The Kier molecular flexibility index (Phi) is 8.36. The highest BCUT2D eigenvalue weighted by Gasteiger charge is 2.20. The Morgan fingerprint density at radius 3 is 2.54 bits per heavy atom. The lowest BCUT2D eigenvalue weighted by molar-refractivity contribution is -0.128. The summed E-state index contributed by atoms with van der Waals surface area (Å²) in [6.07, 6.45) is 7.50. The highest BCUT2D eigenvalue weighted by molar-refractivity contribution is 5.85. The molecule has 0 radical (unpaired) electrons. The Labute approximate surface area is 147 Å². The molecule has 2 heterocycles. The minimum atomic E-state index is 0.145. The quantitative estimate of drug-likeness (QED) is 0.545. The maximum Gasteiger partial charge on any atom is 0.244 e. The van der Waals surface area contributed by atoms with Crippen LogP contribution in [0.25, 0.3) is 0 Å². The molecule has 6 heteroatoms. The summed E-state index contributed by atoms with van der Waals surface area (Å²) in [5, 5.41) is 6.63. The lowest BCUT2D eigenvalue weighted by atomic mass is 10.0. The number of piperidine rings is 1. The van der Waals surface area contributed by atoms with Crippen molar-refractivity contribution >= 4 is 11.9 Å². The average Bonchev–Trinajstić information content (AvgIpc) is 3.14. The predicted molar refractivity (Wildman–Crippen MR) is 99.3 cm³/mol. The van der Waals surface area contributed by atoms with E-state index >= 15 is 0 Å². The van der Waals surface area contributed by atoms with Crippen LogP contribution in [0, 0.1) is 0 Å². The lowest BCUT2D eigenvalue weighted by Crippen LogP contribution is -2.46. The van der Waals surface area contributed by atoms with Crippen molar-refractivity contribution in [3.63, 3.8) is 0 Å². The van der Waals surface area contributed by atoms with Crippen molar-refractivity contribution in [1.82, 2.24) is 20.4 Å². The van der Waals surface area contributed by atoms with E-state index in [1.54, 1.807) is 0 Å². The molecule has 0 aromatic carbocycles. The minimum Gasteiger partial charge on any atom is -0.357 e. The van der Waals surface area contributed by atoms with Crippen molar-refractivity contribution in [3.05, 3.63) is 0 Å². The molecule has 1 amide bonds. The summed E-state index contributed by atoms with van der Waals surface area (Å²) in [6.45, 7) is 10.3. The number of carbonyl (C=O) groups is 1. The first-order chi connectivity index (χ1) is 11.7. The van der Waals surface area contributed by atoms with Crippen LogP contribution in [-0.4, -0.2) is 73.5 Å². The van der Waals surface area contributed by atoms with E-state index in [-0.39, 0.29) is 12.5 Å². The summed E-state index contributed by atoms with van der Waals surface area (Å²) in [6, 6.07) is 0.733. The van der Waals surface area contributed by atoms with Gasteiger partial charge in [0.2, 0.25) is 5.91 Å². The van der Waals surface area contributed by atoms with Crippen LogP contribution in [0.4, 0.5) is 0 Å². The number of amides is 1. The minimum absolute atomic E-state index is 0.145. The van der Waals surface area contributed by atoms with E-state index in [0.717, 1.165) is 57.6 Å². The van der Waals surface area contributed by atoms with E-state index in [9.17, 15) is 4.79 Å². The fraction of sp³-hybridized carbons (Fsp3) is 0.889. The molecule has 0 aromatic heterocycles. The summed E-state index contributed by atoms with van der Waals surface area (Å²) in [4.78, 5) is 21.1. The zero-order valence-electron chi connectivity index (χ0n) is 15.5. The number of hydrogen-bond donors (Lipinski definition) is 2. The molecule has 2 aliphatic heterocycles. The molecule has 24 heavy (non-hydrogen) atoms. The van der Waals surface area contributed by atoms with Crippen LogP contribution in [0.15, 0.2) is 4.99 Å². The van der Waals surface area contributed by atoms with Crippen LogP contribution in [0.5, 0.6) is 0 Å². The molecule has 0 saturated carbocycles. The van der Waals surface area contributed by atoms with Crippen LogP contribution in [-0.2, 0) is 4.79 Å². The van der Waals surface area contributed by atoms with Crippen LogP contribution in [0.3, 0.4) is 0 Å². The fourth-order valence-corrected chi connectivity index (χ4v) is 3.69. The van der Waals surface area contributed by atoms with E-state index in [1.165, 1.54) is 32.2 Å². The lowest BCUT2D eigenvalue weighted by Gasteiger charge is -2.35. The number of hydrogen-bond acceptors (Lipinski definition) is 3. The number of rotatable bonds is 7. The van der Waals surface area contributed by atoms with E-state index in [1.807, 2.05) is 4.90 Å². The molecular formula is C18H35N5O. The Balaban J connectivity index is 1.75. The number of nitrogens with zero attached hydrogens (tertiary/aromatic N) is 3. The molecule has 2 aliphatic rings. The maximum absolute atomic E-state index is 12.1. The topological polar surface area (TPSA) is 60.0 Å². The van der Waals surface area contributed by atoms with Gasteiger partial charge >= 0.3 is 0 Å². The van der Waals surface area contributed by atoms with Gasteiger partial charge in [-0.3, -0.25) is 9.69 Å². The van der Waals surface area contributed by atoms with Crippen molar-refractivity contribution in [1.29, 1.82) is 0 Å². The molecule has 0 bridgehead atoms. The normalized spacial score (nSPS) is 22.7. The third-order valence-corrected chi connectivity index (χ3v) is 5.09. The van der Waals surface area contributed by atoms with Crippen LogP contribution in [0.2, 0.25) is 0 Å². The Morgan fingerprint density at radius 1 is 1.08 bits per heavy atom. The van der Waals surface area contributed by atoms with Gasteiger partial charge in [0.1, 0.15) is 6.54 Å². The highest BCUT2D eigenvalue weighted by Crippen LogP contribution is 2.18. The molecule has 1 atom stereocenters. The van der Waals surface area contributed by atoms with Gasteiger partial charge in [-0.2, -0.15) is 0 Å². The standard InChI is InChI=1S/C18H35N5O/c1-3-16-9-5-6-11-22(16)14-10-20-18(19-4-2)21-15-17(24)23-12-7-8-13-23/h16H,3-15H2,1-2H3,(H2,19,20,21). The van der Waals surface area contributed by atoms with Crippen molar-refractivity contribution in [3.8, 4) is 0 Å². The Bertz CT molecular complexity index is 406. The summed E-state index contributed by atoms with van der Waals surface area (Å²) in [5.74, 6) is 0.905. The van der Waals surface area contributed by atoms with E-state index in [0.29, 0.717) is 0 Å². The molecule has 2 N–H and O–H groups in total. The van der Waals surface area contributed by atoms with Crippen molar-refractivity contribution < 1.29 is 4.79 Å². The number of guanidine groups is 1. The van der Waals surface area contributed by atoms with Gasteiger partial charge in [0, 0.05) is 38.8 Å². The molecule has 6 nitrogen and oxygen atoms in total. The van der Waals surface area contributed by atoms with Gasteiger partial charge in [-0.05, 0) is 45.6 Å². The van der Waals surface area contributed by atoms with E-state index in [2.05, 4.69) is 34.4 Å². The molecule has 1 unspecified atom stereocenters. The molecule has 138 valence electrons. The summed E-state index contributed by atoms with van der Waals surface area (Å²) in [7, 11) is 0. The summed E-state index contributed by atoms with van der Waals surface area (Å²) in [5.41, 5.74) is 0. The summed E-state index contributed by atoms with van der Waals surface area (Å²) < 4.78 is 0. The van der Waals surface area contributed by atoms with Crippen LogP contribution in [0.1, 0.15) is 52.4 Å². The zero-order valence-corrected chi connectivity index (χ0v) is 15.5. The van der Waals surface area contributed by atoms with Gasteiger partial charge in [0.05, 0.1) is 0 Å². The fourth-order valence-electron chi connectivity index (χ4n) is 3.69. The van der Waals surface area contributed by atoms with Gasteiger partial charge in [-0.1, -0.05) is 13.3 Å². The first kappa shape index (κ1) is 19.0. The van der Waals surface area contributed by atoms with Gasteiger partial charge in [-0.15, -0.1) is 0 Å². The molecule has 0 aliphatic carbocycles. The van der Waals surface area contributed by atoms with E-state index < -0.39 is 0 Å². The predicted octanol–water partition coefficient (Wildman–Crippen LogP) is 1.43. The monoisotopic (exact) mass is 337 g/mol. The molecule has 0 aromatic rings. The SMILES string of the molecule is CCNC(=NCC(=O)N1CCCC1)NCCN1CCCCC1CC. The molecule has 0 spiro atoms.